The lowest BCUT2D eigenvalue weighted by Crippen LogP contribution is -2.37. The van der Waals surface area contributed by atoms with Crippen molar-refractivity contribution in [2.75, 3.05) is 12.4 Å². The average molecular weight is 259 g/mol. The molecular formula is C13H16F3NO. The summed E-state index contributed by atoms with van der Waals surface area (Å²) in [5, 5.41) is 3.02. The highest BCUT2D eigenvalue weighted by atomic mass is 19.2. The van der Waals surface area contributed by atoms with Gasteiger partial charge in [-0.2, -0.15) is 0 Å². The minimum atomic E-state index is -1.44. The Bertz CT molecular complexity index is 402. The Labute approximate surface area is 104 Å². The van der Waals surface area contributed by atoms with Gasteiger partial charge in [-0.3, -0.25) is 0 Å². The number of nitrogens with one attached hydrogen (secondary N) is 1. The molecule has 0 aromatic heterocycles. The maximum Gasteiger partial charge on any atom is 0.194 e. The van der Waals surface area contributed by atoms with Crippen LogP contribution in [0, 0.1) is 17.5 Å². The van der Waals surface area contributed by atoms with Crippen LogP contribution in [-0.2, 0) is 4.74 Å². The molecule has 2 atom stereocenters. The monoisotopic (exact) mass is 259 g/mol. The van der Waals surface area contributed by atoms with Gasteiger partial charge in [-0.15, -0.1) is 0 Å². The smallest absolute Gasteiger partial charge is 0.194 e. The van der Waals surface area contributed by atoms with Crippen molar-refractivity contribution >= 4 is 5.69 Å². The van der Waals surface area contributed by atoms with Gasteiger partial charge in [0, 0.05) is 24.9 Å². The Balaban J connectivity index is 2.13. The maximum absolute atomic E-state index is 13.1. The second-order valence-corrected chi connectivity index (χ2v) is 4.56. The molecule has 2 unspecified atom stereocenters. The molecule has 1 fully saturated rings. The van der Waals surface area contributed by atoms with Crippen LogP contribution in [0.4, 0.5) is 18.9 Å². The molecule has 18 heavy (non-hydrogen) atoms. The SMILES string of the molecule is COC1CCCCC1Nc1cc(F)c(F)c(F)c1. The highest BCUT2D eigenvalue weighted by Crippen LogP contribution is 2.25. The second kappa shape index (κ2) is 5.61. The Morgan fingerprint density at radius 1 is 1.11 bits per heavy atom. The van der Waals surface area contributed by atoms with E-state index in [0.29, 0.717) is 0 Å². The van der Waals surface area contributed by atoms with Crippen molar-refractivity contribution < 1.29 is 17.9 Å². The standard InChI is InChI=1S/C13H16F3NO/c1-18-12-5-3-2-4-11(12)17-8-6-9(14)13(16)10(15)7-8/h6-7,11-12,17H,2-5H2,1H3. The van der Waals surface area contributed by atoms with Crippen molar-refractivity contribution in [1.29, 1.82) is 0 Å². The maximum atomic E-state index is 13.1. The van der Waals surface area contributed by atoms with Crippen LogP contribution in [0.25, 0.3) is 0 Å². The molecular weight excluding hydrogens is 243 g/mol. The van der Waals surface area contributed by atoms with Crippen LogP contribution in [0.3, 0.4) is 0 Å². The third kappa shape index (κ3) is 2.77. The summed E-state index contributed by atoms with van der Waals surface area (Å²) in [5.74, 6) is -3.79. The fraction of sp³-hybridized carbons (Fsp3) is 0.538. The first kappa shape index (κ1) is 13.2. The Morgan fingerprint density at radius 3 is 2.33 bits per heavy atom. The van der Waals surface area contributed by atoms with E-state index in [-0.39, 0.29) is 17.8 Å². The van der Waals surface area contributed by atoms with Gasteiger partial charge >= 0.3 is 0 Å². The molecule has 1 saturated carbocycles. The zero-order chi connectivity index (χ0) is 13.1. The van der Waals surface area contributed by atoms with Crippen LogP contribution >= 0.6 is 0 Å². The second-order valence-electron chi connectivity index (χ2n) is 4.56. The number of hydrogen-bond donors (Lipinski definition) is 1. The minimum Gasteiger partial charge on any atom is -0.380 e. The number of methoxy groups -OCH3 is 1. The summed E-state index contributed by atoms with van der Waals surface area (Å²) >= 11 is 0. The van der Waals surface area contributed by atoms with Gasteiger partial charge in [0.05, 0.1) is 12.1 Å². The van der Waals surface area contributed by atoms with E-state index in [4.69, 9.17) is 4.74 Å². The quantitative estimate of drug-likeness (QED) is 0.839. The van der Waals surface area contributed by atoms with Crippen molar-refractivity contribution in [3.05, 3.63) is 29.6 Å². The lowest BCUT2D eigenvalue weighted by atomic mass is 9.92. The largest absolute Gasteiger partial charge is 0.380 e. The molecule has 0 radical (unpaired) electrons. The van der Waals surface area contributed by atoms with E-state index in [2.05, 4.69) is 5.32 Å². The molecule has 1 aliphatic rings. The number of anilines is 1. The minimum absolute atomic E-state index is 0.00742. The zero-order valence-corrected chi connectivity index (χ0v) is 10.2. The van der Waals surface area contributed by atoms with Crippen molar-refractivity contribution in [3.63, 3.8) is 0 Å². The lowest BCUT2D eigenvalue weighted by Gasteiger charge is -2.31. The molecule has 0 amide bonds. The first-order valence-electron chi connectivity index (χ1n) is 6.05. The van der Waals surface area contributed by atoms with Gasteiger partial charge in [-0.1, -0.05) is 12.8 Å². The Kier molecular flexibility index (Phi) is 4.11. The predicted molar refractivity (Wildman–Crippen MR) is 63.0 cm³/mol. The summed E-state index contributed by atoms with van der Waals surface area (Å²) in [6.45, 7) is 0. The van der Waals surface area contributed by atoms with E-state index in [1.807, 2.05) is 0 Å². The van der Waals surface area contributed by atoms with Crippen LogP contribution < -0.4 is 5.32 Å². The van der Waals surface area contributed by atoms with E-state index >= 15 is 0 Å². The average Bonchev–Trinajstić information content (AvgIpc) is 2.36. The van der Waals surface area contributed by atoms with E-state index < -0.39 is 17.5 Å². The summed E-state index contributed by atoms with van der Waals surface area (Å²) < 4.78 is 44.3. The van der Waals surface area contributed by atoms with Gasteiger partial charge < -0.3 is 10.1 Å². The third-order valence-corrected chi connectivity index (χ3v) is 3.34. The first-order chi connectivity index (χ1) is 8.61. The van der Waals surface area contributed by atoms with Crippen molar-refractivity contribution in [2.45, 2.75) is 37.8 Å². The summed E-state index contributed by atoms with van der Waals surface area (Å²) in [7, 11) is 1.62. The van der Waals surface area contributed by atoms with Gasteiger partial charge in [0.2, 0.25) is 0 Å². The van der Waals surface area contributed by atoms with Crippen LogP contribution in [-0.4, -0.2) is 19.3 Å². The van der Waals surface area contributed by atoms with Crippen molar-refractivity contribution in [2.24, 2.45) is 0 Å². The lowest BCUT2D eigenvalue weighted by molar-refractivity contribution is 0.0606. The normalized spacial score (nSPS) is 24.0. The fourth-order valence-corrected chi connectivity index (χ4v) is 2.40. The van der Waals surface area contributed by atoms with Crippen LogP contribution in [0.15, 0.2) is 12.1 Å². The molecule has 1 aliphatic carbocycles. The van der Waals surface area contributed by atoms with Gasteiger partial charge in [-0.05, 0) is 12.8 Å². The molecule has 1 N–H and O–H groups in total. The molecule has 2 rings (SSSR count). The van der Waals surface area contributed by atoms with Crippen LogP contribution in [0.5, 0.6) is 0 Å². The van der Waals surface area contributed by atoms with Crippen molar-refractivity contribution in [3.8, 4) is 0 Å². The predicted octanol–water partition coefficient (Wildman–Crippen LogP) is 3.47. The Hall–Kier alpha value is -1.23. The molecule has 0 spiro atoms. The third-order valence-electron chi connectivity index (χ3n) is 3.34. The van der Waals surface area contributed by atoms with Crippen LogP contribution in [0.1, 0.15) is 25.7 Å². The molecule has 2 nitrogen and oxygen atoms in total. The van der Waals surface area contributed by atoms with Gasteiger partial charge in [0.1, 0.15) is 0 Å². The summed E-state index contributed by atoms with van der Waals surface area (Å²) in [6.07, 6.45) is 3.95. The number of halogens is 3. The van der Waals surface area contributed by atoms with E-state index in [9.17, 15) is 13.2 Å². The number of ether oxygens (including phenoxy) is 1. The number of rotatable bonds is 3. The first-order valence-corrected chi connectivity index (χ1v) is 6.05. The number of benzene rings is 1. The molecule has 1 aromatic rings. The number of hydrogen-bond acceptors (Lipinski definition) is 2. The summed E-state index contributed by atoms with van der Waals surface area (Å²) in [5.41, 5.74) is 0.250. The molecule has 100 valence electrons. The highest BCUT2D eigenvalue weighted by molar-refractivity contribution is 5.45. The highest BCUT2D eigenvalue weighted by Gasteiger charge is 2.25. The topological polar surface area (TPSA) is 21.3 Å². The fourth-order valence-electron chi connectivity index (χ4n) is 2.40. The summed E-state index contributed by atoms with van der Waals surface area (Å²) in [6, 6.07) is 1.95. The summed E-state index contributed by atoms with van der Waals surface area (Å²) in [4.78, 5) is 0. The molecule has 0 bridgehead atoms. The van der Waals surface area contributed by atoms with Gasteiger partial charge in [0.25, 0.3) is 0 Å². The molecule has 0 saturated heterocycles. The molecule has 1 aromatic carbocycles. The van der Waals surface area contributed by atoms with Crippen molar-refractivity contribution in [1.82, 2.24) is 0 Å². The van der Waals surface area contributed by atoms with Crippen LogP contribution in [0.2, 0.25) is 0 Å². The Morgan fingerprint density at radius 2 is 1.72 bits per heavy atom. The molecule has 0 aliphatic heterocycles. The zero-order valence-electron chi connectivity index (χ0n) is 10.2. The molecule has 5 heteroatoms. The van der Waals surface area contributed by atoms with E-state index in [0.717, 1.165) is 37.8 Å². The molecule has 0 heterocycles. The van der Waals surface area contributed by atoms with Gasteiger partial charge in [0.15, 0.2) is 17.5 Å². The van der Waals surface area contributed by atoms with E-state index in [1.54, 1.807) is 7.11 Å². The van der Waals surface area contributed by atoms with Gasteiger partial charge in [-0.25, -0.2) is 13.2 Å². The van der Waals surface area contributed by atoms with E-state index in [1.165, 1.54) is 0 Å².